The summed E-state index contributed by atoms with van der Waals surface area (Å²) in [5.74, 6) is 0. The van der Waals surface area contributed by atoms with Gasteiger partial charge in [-0.05, 0) is 12.8 Å². The van der Waals surface area contributed by atoms with Gasteiger partial charge in [-0.15, -0.1) is 6.58 Å². The van der Waals surface area contributed by atoms with Crippen LogP contribution in [0.15, 0.2) is 29.5 Å². The first-order valence-corrected chi connectivity index (χ1v) is 3.80. The van der Waals surface area contributed by atoms with Crippen LogP contribution in [0.2, 0.25) is 0 Å². The van der Waals surface area contributed by atoms with E-state index in [0.29, 0.717) is 0 Å². The molecule has 0 fully saturated rings. The maximum atomic E-state index is 5.07. The fraction of sp³-hybridized carbons (Fsp3) is 0.250. The summed E-state index contributed by atoms with van der Waals surface area (Å²) >= 11 is 5.07. The van der Waals surface area contributed by atoms with Crippen molar-refractivity contribution in [3.63, 3.8) is 0 Å². The maximum Gasteiger partial charge on any atom is 0.124 e. The molecule has 0 amide bonds. The average Bonchev–Trinajstić information content (AvgIpc) is 2.52. The summed E-state index contributed by atoms with van der Waals surface area (Å²) in [5, 5.41) is 3.72. The highest BCUT2D eigenvalue weighted by molar-refractivity contribution is 7.80. The molecule has 11 heavy (non-hydrogen) atoms. The van der Waals surface area contributed by atoms with Crippen LogP contribution in [0.25, 0.3) is 0 Å². The van der Waals surface area contributed by atoms with Gasteiger partial charge in [0.2, 0.25) is 0 Å². The molecule has 0 saturated carbocycles. The van der Waals surface area contributed by atoms with E-state index >= 15 is 0 Å². The van der Waals surface area contributed by atoms with Gasteiger partial charge in [-0.25, -0.2) is 0 Å². The van der Waals surface area contributed by atoms with E-state index in [1.807, 2.05) is 6.08 Å². The number of hydrogen-bond donors (Lipinski definition) is 0. The highest BCUT2D eigenvalue weighted by Crippen LogP contribution is 2.03. The van der Waals surface area contributed by atoms with Gasteiger partial charge in [0.1, 0.15) is 12.0 Å². The van der Waals surface area contributed by atoms with Crippen molar-refractivity contribution in [3.8, 4) is 0 Å². The Morgan fingerprint density at radius 1 is 1.82 bits per heavy atom. The molecule has 0 saturated heterocycles. The first kappa shape index (κ1) is 8.14. The predicted octanol–water partition coefficient (Wildman–Crippen LogP) is 2.36. The van der Waals surface area contributed by atoms with Crippen LogP contribution in [0, 0.1) is 0 Å². The lowest BCUT2D eigenvalue weighted by molar-refractivity contribution is 0.418. The van der Waals surface area contributed by atoms with E-state index in [1.54, 1.807) is 6.07 Å². The number of thiocarbonyl (C=S) groups is 1. The molecule has 0 aliphatic rings. The van der Waals surface area contributed by atoms with Gasteiger partial charge in [-0.2, -0.15) is 0 Å². The Bertz CT molecular complexity index is 241. The maximum absolute atomic E-state index is 5.07. The zero-order valence-corrected chi connectivity index (χ0v) is 6.93. The van der Waals surface area contributed by atoms with Crippen LogP contribution in [0.4, 0.5) is 0 Å². The molecule has 2 nitrogen and oxygen atoms in total. The van der Waals surface area contributed by atoms with Crippen LogP contribution in [0.5, 0.6) is 0 Å². The summed E-state index contributed by atoms with van der Waals surface area (Å²) in [4.78, 5) is 0.832. The molecular weight excluding hydrogens is 158 g/mol. The molecule has 0 aromatic carbocycles. The van der Waals surface area contributed by atoms with Crippen molar-refractivity contribution in [2.45, 2.75) is 12.8 Å². The lowest BCUT2D eigenvalue weighted by Crippen LogP contribution is -1.95. The van der Waals surface area contributed by atoms with Gasteiger partial charge in [0.15, 0.2) is 0 Å². The van der Waals surface area contributed by atoms with E-state index < -0.39 is 0 Å². The van der Waals surface area contributed by atoms with Crippen molar-refractivity contribution in [2.75, 3.05) is 0 Å². The summed E-state index contributed by atoms with van der Waals surface area (Å²) in [6.07, 6.45) is 5.08. The zero-order valence-electron chi connectivity index (χ0n) is 6.12. The molecule has 1 rings (SSSR count). The minimum atomic E-state index is 0.766. The second-order valence-corrected chi connectivity index (χ2v) is 2.63. The molecular formula is C8H9NOS. The van der Waals surface area contributed by atoms with Gasteiger partial charge < -0.3 is 4.52 Å². The zero-order chi connectivity index (χ0) is 8.10. The van der Waals surface area contributed by atoms with Crippen LogP contribution in [-0.4, -0.2) is 10.0 Å². The van der Waals surface area contributed by atoms with Crippen LogP contribution in [0.3, 0.4) is 0 Å². The Morgan fingerprint density at radius 2 is 2.64 bits per heavy atom. The molecule has 0 atom stereocenters. The van der Waals surface area contributed by atoms with E-state index in [0.717, 1.165) is 23.4 Å². The molecule has 0 N–H and O–H groups in total. The van der Waals surface area contributed by atoms with Crippen molar-refractivity contribution in [1.29, 1.82) is 0 Å². The molecule has 0 bridgehead atoms. The van der Waals surface area contributed by atoms with Crippen molar-refractivity contribution in [1.82, 2.24) is 5.16 Å². The summed E-state index contributed by atoms with van der Waals surface area (Å²) in [5.41, 5.74) is 0.766. The second-order valence-electron chi connectivity index (χ2n) is 2.14. The van der Waals surface area contributed by atoms with Crippen LogP contribution >= 0.6 is 12.2 Å². The monoisotopic (exact) mass is 167 g/mol. The highest BCUT2D eigenvalue weighted by Gasteiger charge is 2.01. The Hall–Kier alpha value is -0.960. The molecule has 0 aliphatic carbocycles. The molecule has 0 unspecified atom stereocenters. The van der Waals surface area contributed by atoms with E-state index in [-0.39, 0.29) is 0 Å². The van der Waals surface area contributed by atoms with Crippen LogP contribution < -0.4 is 0 Å². The molecule has 0 aliphatic heterocycles. The topological polar surface area (TPSA) is 26.0 Å². The van der Waals surface area contributed by atoms with E-state index in [4.69, 9.17) is 12.2 Å². The van der Waals surface area contributed by atoms with Gasteiger partial charge in [-0.3, -0.25) is 0 Å². The largest absolute Gasteiger partial charge is 0.364 e. The molecule has 58 valence electrons. The first-order valence-electron chi connectivity index (χ1n) is 3.39. The summed E-state index contributed by atoms with van der Waals surface area (Å²) in [6, 6.07) is 1.77. The third kappa shape index (κ3) is 2.27. The smallest absolute Gasteiger partial charge is 0.124 e. The predicted molar refractivity (Wildman–Crippen MR) is 47.6 cm³/mol. The molecule has 3 heteroatoms. The van der Waals surface area contributed by atoms with Crippen molar-refractivity contribution < 1.29 is 4.52 Å². The molecule has 1 heterocycles. The summed E-state index contributed by atoms with van der Waals surface area (Å²) < 4.78 is 4.65. The Kier molecular flexibility index (Phi) is 2.98. The Balaban J connectivity index is 2.49. The van der Waals surface area contributed by atoms with Crippen LogP contribution in [0.1, 0.15) is 18.5 Å². The number of nitrogens with zero attached hydrogens (tertiary/aromatic N) is 1. The number of rotatable bonds is 4. The van der Waals surface area contributed by atoms with Crippen LogP contribution in [-0.2, 0) is 0 Å². The van der Waals surface area contributed by atoms with Gasteiger partial charge in [0.05, 0.1) is 0 Å². The quantitative estimate of drug-likeness (QED) is 0.391. The van der Waals surface area contributed by atoms with Gasteiger partial charge in [-0.1, -0.05) is 23.5 Å². The van der Waals surface area contributed by atoms with Crippen molar-refractivity contribution in [3.05, 3.63) is 30.7 Å². The standard InChI is InChI=1S/C8H9NOS/c1-2-3-4-8(11)7-5-6-10-9-7/h2,5-6H,1,3-4H2. The van der Waals surface area contributed by atoms with Crippen molar-refractivity contribution >= 4 is 17.1 Å². The molecule has 1 aromatic heterocycles. The summed E-state index contributed by atoms with van der Waals surface area (Å²) in [7, 11) is 0. The number of allylic oxidation sites excluding steroid dienone is 1. The Morgan fingerprint density at radius 3 is 3.18 bits per heavy atom. The molecule has 1 aromatic rings. The fourth-order valence-corrected chi connectivity index (χ4v) is 0.941. The molecule has 0 radical (unpaired) electrons. The minimum Gasteiger partial charge on any atom is -0.364 e. The lowest BCUT2D eigenvalue weighted by Gasteiger charge is -1.93. The third-order valence-electron chi connectivity index (χ3n) is 1.30. The first-order chi connectivity index (χ1) is 5.34. The van der Waals surface area contributed by atoms with Gasteiger partial charge in [0, 0.05) is 10.9 Å². The van der Waals surface area contributed by atoms with E-state index in [9.17, 15) is 0 Å². The number of hydrogen-bond acceptors (Lipinski definition) is 3. The average molecular weight is 167 g/mol. The third-order valence-corrected chi connectivity index (χ3v) is 1.71. The SMILES string of the molecule is C=CCCC(=S)c1ccon1. The van der Waals surface area contributed by atoms with Gasteiger partial charge in [0.25, 0.3) is 0 Å². The van der Waals surface area contributed by atoms with E-state index in [2.05, 4.69) is 16.3 Å². The minimum absolute atomic E-state index is 0.766. The van der Waals surface area contributed by atoms with Crippen molar-refractivity contribution in [2.24, 2.45) is 0 Å². The number of aromatic nitrogens is 1. The molecule has 0 spiro atoms. The van der Waals surface area contributed by atoms with E-state index in [1.165, 1.54) is 6.26 Å². The fourth-order valence-electron chi connectivity index (χ4n) is 0.718. The highest BCUT2D eigenvalue weighted by atomic mass is 32.1. The van der Waals surface area contributed by atoms with Gasteiger partial charge >= 0.3 is 0 Å². The lowest BCUT2D eigenvalue weighted by atomic mass is 10.2. The Labute approximate surface area is 70.9 Å². The normalized spacial score (nSPS) is 9.45. The second kappa shape index (κ2) is 4.03. The summed E-state index contributed by atoms with van der Waals surface area (Å²) in [6.45, 7) is 3.61.